The molecule has 1 atom stereocenters. The van der Waals surface area contributed by atoms with E-state index in [0.29, 0.717) is 16.8 Å². The van der Waals surface area contributed by atoms with Gasteiger partial charge >= 0.3 is 0 Å². The third-order valence-corrected chi connectivity index (χ3v) is 5.98. The molecule has 2 aromatic rings. The Balaban J connectivity index is 1.59. The van der Waals surface area contributed by atoms with Crippen LogP contribution in [0.5, 0.6) is 0 Å². The summed E-state index contributed by atoms with van der Waals surface area (Å²) in [7, 11) is 0. The minimum atomic E-state index is -0.0225. The molecule has 1 aromatic carbocycles. The Bertz CT molecular complexity index is 808. The van der Waals surface area contributed by atoms with E-state index in [-0.39, 0.29) is 18.0 Å². The number of rotatable bonds is 5. The van der Waals surface area contributed by atoms with E-state index < -0.39 is 0 Å². The van der Waals surface area contributed by atoms with Gasteiger partial charge in [-0.05, 0) is 70.3 Å². The fourth-order valence-electron chi connectivity index (χ4n) is 3.97. The van der Waals surface area contributed by atoms with Crippen molar-refractivity contribution in [3.05, 3.63) is 46.2 Å². The number of piperidine rings is 1. The number of amides is 1. The molecule has 1 aromatic heterocycles. The van der Waals surface area contributed by atoms with E-state index >= 15 is 0 Å². The van der Waals surface area contributed by atoms with E-state index in [1.807, 2.05) is 40.8 Å². The summed E-state index contributed by atoms with van der Waals surface area (Å²) in [5.41, 5.74) is 2.45. The van der Waals surface area contributed by atoms with Crippen LogP contribution in [0, 0.1) is 6.92 Å². The maximum absolute atomic E-state index is 13.4. The van der Waals surface area contributed by atoms with Gasteiger partial charge in [0, 0.05) is 11.1 Å². The van der Waals surface area contributed by atoms with Gasteiger partial charge in [0.2, 0.25) is 0 Å². The van der Waals surface area contributed by atoms with Crippen molar-refractivity contribution >= 4 is 17.5 Å². The van der Waals surface area contributed by atoms with Crippen LogP contribution in [0.4, 0.5) is 0 Å². The lowest BCUT2D eigenvalue weighted by Gasteiger charge is -2.29. The lowest BCUT2D eigenvalue weighted by Crippen LogP contribution is -2.36. The Hall–Kier alpha value is -1.92. The molecule has 2 heterocycles. The second kappa shape index (κ2) is 7.60. The summed E-state index contributed by atoms with van der Waals surface area (Å²) in [6.45, 7) is 6.00. The zero-order chi connectivity index (χ0) is 19.0. The molecule has 0 radical (unpaired) electrons. The second-order valence-corrected chi connectivity index (χ2v) is 8.06. The van der Waals surface area contributed by atoms with Crippen molar-refractivity contribution in [1.82, 2.24) is 25.2 Å². The van der Waals surface area contributed by atoms with Gasteiger partial charge in [0.25, 0.3) is 5.91 Å². The van der Waals surface area contributed by atoms with Crippen LogP contribution in [0.15, 0.2) is 24.3 Å². The molecule has 2 fully saturated rings. The molecule has 1 saturated carbocycles. The van der Waals surface area contributed by atoms with Crippen LogP contribution >= 0.6 is 11.6 Å². The molecule has 1 aliphatic carbocycles. The fraction of sp³-hybridized carbons (Fsp3) is 0.550. The van der Waals surface area contributed by atoms with Gasteiger partial charge in [-0.25, -0.2) is 4.68 Å². The first-order chi connectivity index (χ1) is 13.1. The van der Waals surface area contributed by atoms with Crippen LogP contribution in [0.1, 0.15) is 66.4 Å². The molecule has 1 aliphatic heterocycles. The molecule has 7 heteroatoms. The van der Waals surface area contributed by atoms with E-state index in [1.54, 1.807) is 0 Å². The number of nitrogens with one attached hydrogen (secondary N) is 1. The smallest absolute Gasteiger partial charge is 0.277 e. The van der Waals surface area contributed by atoms with Crippen LogP contribution in [0.25, 0.3) is 0 Å². The molecule has 0 bridgehead atoms. The number of hydrogen-bond donors (Lipinski definition) is 1. The van der Waals surface area contributed by atoms with E-state index in [2.05, 4.69) is 22.6 Å². The fourth-order valence-corrected chi connectivity index (χ4v) is 4.10. The van der Waals surface area contributed by atoms with Crippen molar-refractivity contribution in [3.63, 3.8) is 0 Å². The van der Waals surface area contributed by atoms with Gasteiger partial charge in [-0.15, -0.1) is 5.10 Å². The molecule has 1 amide bonds. The molecule has 4 rings (SSSR count). The second-order valence-electron chi connectivity index (χ2n) is 7.62. The summed E-state index contributed by atoms with van der Waals surface area (Å²) in [6.07, 6.45) is 4.13. The zero-order valence-electron chi connectivity index (χ0n) is 15.9. The largest absolute Gasteiger partial charge is 0.327 e. The predicted octanol–water partition coefficient (Wildman–Crippen LogP) is 3.53. The standard InChI is InChI=1S/C20H26ClN5O/c1-13(15-3-5-16(21)6-4-15)25(17-7-8-17)20(27)19-14(2)26(24-23-19)18-9-11-22-12-10-18/h3-6,13,17-18,22H,7-12H2,1-2H3. The molecule has 6 nitrogen and oxygen atoms in total. The van der Waals surface area contributed by atoms with Crippen molar-refractivity contribution in [3.8, 4) is 0 Å². The van der Waals surface area contributed by atoms with Crippen LogP contribution in [-0.2, 0) is 0 Å². The molecule has 0 spiro atoms. The van der Waals surface area contributed by atoms with Gasteiger partial charge in [0.15, 0.2) is 5.69 Å². The number of benzene rings is 1. The van der Waals surface area contributed by atoms with Gasteiger partial charge in [0.1, 0.15) is 0 Å². The Labute approximate surface area is 164 Å². The van der Waals surface area contributed by atoms with E-state index in [1.165, 1.54) is 0 Å². The Kier molecular flexibility index (Phi) is 5.19. The number of carbonyl (C=O) groups excluding carboxylic acids is 1. The Morgan fingerprint density at radius 3 is 2.52 bits per heavy atom. The molecule has 144 valence electrons. The summed E-state index contributed by atoms with van der Waals surface area (Å²) < 4.78 is 1.95. The van der Waals surface area contributed by atoms with Crippen molar-refractivity contribution in [1.29, 1.82) is 0 Å². The average Bonchev–Trinajstić information content (AvgIpc) is 3.44. The molecular formula is C20H26ClN5O. The summed E-state index contributed by atoms with van der Waals surface area (Å²) in [5.74, 6) is -0.0161. The van der Waals surface area contributed by atoms with Gasteiger partial charge in [-0.3, -0.25) is 4.79 Å². The van der Waals surface area contributed by atoms with Crippen LogP contribution < -0.4 is 5.32 Å². The monoisotopic (exact) mass is 387 g/mol. The highest BCUT2D eigenvalue weighted by molar-refractivity contribution is 6.30. The molecule has 1 N–H and O–H groups in total. The molecule has 2 aliphatic rings. The quantitative estimate of drug-likeness (QED) is 0.852. The maximum atomic E-state index is 13.4. The first kappa shape index (κ1) is 18.4. The third kappa shape index (κ3) is 3.73. The Morgan fingerprint density at radius 2 is 1.89 bits per heavy atom. The normalized spacial score (nSPS) is 19.1. The molecular weight excluding hydrogens is 362 g/mol. The first-order valence-corrected chi connectivity index (χ1v) is 10.1. The highest BCUT2D eigenvalue weighted by Crippen LogP contribution is 2.36. The lowest BCUT2D eigenvalue weighted by atomic mass is 10.1. The van der Waals surface area contributed by atoms with Crippen LogP contribution in [0.3, 0.4) is 0 Å². The predicted molar refractivity (Wildman–Crippen MR) is 105 cm³/mol. The van der Waals surface area contributed by atoms with Crippen molar-refractivity contribution in [2.24, 2.45) is 0 Å². The summed E-state index contributed by atoms with van der Waals surface area (Å²) in [4.78, 5) is 15.4. The Morgan fingerprint density at radius 1 is 1.22 bits per heavy atom. The number of aromatic nitrogens is 3. The third-order valence-electron chi connectivity index (χ3n) is 5.73. The van der Waals surface area contributed by atoms with Crippen molar-refractivity contribution < 1.29 is 4.79 Å². The van der Waals surface area contributed by atoms with Crippen LogP contribution in [0.2, 0.25) is 5.02 Å². The lowest BCUT2D eigenvalue weighted by molar-refractivity contribution is 0.0667. The first-order valence-electron chi connectivity index (χ1n) is 9.77. The summed E-state index contributed by atoms with van der Waals surface area (Å²) in [6, 6.07) is 8.33. The minimum Gasteiger partial charge on any atom is -0.327 e. The summed E-state index contributed by atoms with van der Waals surface area (Å²) in [5, 5.41) is 12.7. The van der Waals surface area contributed by atoms with E-state index in [4.69, 9.17) is 11.6 Å². The van der Waals surface area contributed by atoms with E-state index in [0.717, 1.165) is 50.0 Å². The highest BCUT2D eigenvalue weighted by atomic mass is 35.5. The zero-order valence-corrected chi connectivity index (χ0v) is 16.6. The number of carbonyl (C=O) groups is 1. The van der Waals surface area contributed by atoms with Crippen LogP contribution in [-0.4, -0.2) is 44.9 Å². The van der Waals surface area contributed by atoms with Gasteiger partial charge in [0.05, 0.1) is 17.8 Å². The van der Waals surface area contributed by atoms with Gasteiger partial charge in [-0.1, -0.05) is 28.9 Å². The topological polar surface area (TPSA) is 63.1 Å². The maximum Gasteiger partial charge on any atom is 0.277 e. The minimum absolute atomic E-state index is 0.0161. The molecule has 1 unspecified atom stereocenters. The number of hydrogen-bond acceptors (Lipinski definition) is 4. The number of nitrogens with zero attached hydrogens (tertiary/aromatic N) is 4. The molecule has 1 saturated heterocycles. The van der Waals surface area contributed by atoms with Crippen molar-refractivity contribution in [2.45, 2.75) is 57.7 Å². The van der Waals surface area contributed by atoms with E-state index in [9.17, 15) is 4.79 Å². The SMILES string of the molecule is Cc1c(C(=O)N(C2CC2)C(C)c2ccc(Cl)cc2)nnn1C1CCNCC1. The average molecular weight is 388 g/mol. The number of halogens is 1. The highest BCUT2D eigenvalue weighted by Gasteiger charge is 2.38. The van der Waals surface area contributed by atoms with Gasteiger partial charge < -0.3 is 10.2 Å². The van der Waals surface area contributed by atoms with Gasteiger partial charge in [-0.2, -0.15) is 0 Å². The molecule has 27 heavy (non-hydrogen) atoms. The summed E-state index contributed by atoms with van der Waals surface area (Å²) >= 11 is 6.02. The van der Waals surface area contributed by atoms with Crippen molar-refractivity contribution in [2.75, 3.05) is 13.1 Å².